The van der Waals surface area contributed by atoms with Crippen LogP contribution in [0.5, 0.6) is 17.2 Å². The Labute approximate surface area is 205 Å². The molecule has 0 atom stereocenters. The minimum Gasteiger partial charge on any atom is -0.460 e. The largest absolute Gasteiger partial charge is 0.460 e. The van der Waals surface area contributed by atoms with Crippen LogP contribution in [0.3, 0.4) is 0 Å². The van der Waals surface area contributed by atoms with Gasteiger partial charge in [-0.15, -0.1) is 0 Å². The van der Waals surface area contributed by atoms with Crippen LogP contribution >= 0.6 is 0 Å². The molecule has 8 nitrogen and oxygen atoms in total. The van der Waals surface area contributed by atoms with Gasteiger partial charge in [0.1, 0.15) is 23.3 Å². The third-order valence-electron chi connectivity index (χ3n) is 5.92. The van der Waals surface area contributed by atoms with E-state index in [1.807, 2.05) is 19.1 Å². The fourth-order valence-electron chi connectivity index (χ4n) is 3.97. The first-order chi connectivity index (χ1) is 17.4. The van der Waals surface area contributed by atoms with Crippen molar-refractivity contribution in [3.05, 3.63) is 99.9 Å². The molecule has 1 aliphatic heterocycles. The zero-order valence-electron chi connectivity index (χ0n) is 19.4. The summed E-state index contributed by atoms with van der Waals surface area (Å²) in [4.78, 5) is 51.1. The third-order valence-corrected chi connectivity index (χ3v) is 5.92. The van der Waals surface area contributed by atoms with E-state index in [0.29, 0.717) is 16.9 Å². The van der Waals surface area contributed by atoms with E-state index < -0.39 is 17.8 Å². The predicted molar refractivity (Wildman–Crippen MR) is 130 cm³/mol. The van der Waals surface area contributed by atoms with Crippen LogP contribution in [0.25, 0.3) is 11.0 Å². The summed E-state index contributed by atoms with van der Waals surface area (Å²) in [5, 5.41) is 0.267. The van der Waals surface area contributed by atoms with Crippen LogP contribution in [0.2, 0.25) is 0 Å². The van der Waals surface area contributed by atoms with Crippen molar-refractivity contribution >= 4 is 28.8 Å². The van der Waals surface area contributed by atoms with E-state index in [2.05, 4.69) is 0 Å². The average molecular weight is 483 g/mol. The molecule has 0 aliphatic carbocycles. The van der Waals surface area contributed by atoms with Gasteiger partial charge in [-0.1, -0.05) is 31.2 Å². The van der Waals surface area contributed by atoms with E-state index in [1.165, 1.54) is 24.5 Å². The first-order valence-corrected chi connectivity index (χ1v) is 11.4. The van der Waals surface area contributed by atoms with Crippen LogP contribution in [0.1, 0.15) is 39.6 Å². The Morgan fingerprint density at radius 2 is 1.56 bits per heavy atom. The summed E-state index contributed by atoms with van der Waals surface area (Å²) >= 11 is 0. The highest BCUT2D eigenvalue weighted by atomic mass is 16.5. The molecule has 0 fully saturated rings. The lowest BCUT2D eigenvalue weighted by Crippen LogP contribution is -2.32. The zero-order valence-corrected chi connectivity index (χ0v) is 19.4. The highest BCUT2D eigenvalue weighted by Gasteiger charge is 2.35. The number of amides is 2. The molecule has 1 aromatic heterocycles. The van der Waals surface area contributed by atoms with Crippen molar-refractivity contribution in [3.8, 4) is 17.2 Å². The fourth-order valence-corrected chi connectivity index (χ4v) is 3.97. The molecule has 8 heteroatoms. The number of ether oxygens (including phenoxy) is 2. The normalized spacial score (nSPS) is 12.6. The average Bonchev–Trinajstić information content (AvgIpc) is 3.14. The molecule has 36 heavy (non-hydrogen) atoms. The Kier molecular flexibility index (Phi) is 6.08. The van der Waals surface area contributed by atoms with Gasteiger partial charge in [0.05, 0.1) is 22.9 Å². The number of nitrogens with zero attached hydrogens (tertiary/aromatic N) is 1. The molecule has 0 bridgehead atoms. The Bertz CT molecular complexity index is 1520. The minimum absolute atomic E-state index is 0.0393. The van der Waals surface area contributed by atoms with Crippen molar-refractivity contribution in [1.82, 2.24) is 4.90 Å². The van der Waals surface area contributed by atoms with Gasteiger partial charge in [-0.25, -0.2) is 0 Å². The third kappa shape index (κ3) is 4.36. The van der Waals surface area contributed by atoms with Gasteiger partial charge in [0.2, 0.25) is 11.2 Å². The maximum absolute atomic E-state index is 12.8. The second-order valence-corrected chi connectivity index (χ2v) is 8.22. The Morgan fingerprint density at radius 1 is 0.889 bits per heavy atom. The maximum Gasteiger partial charge on any atom is 0.313 e. The summed E-state index contributed by atoms with van der Waals surface area (Å²) in [5.74, 6) is -0.782. The summed E-state index contributed by atoms with van der Waals surface area (Å²) < 4.78 is 16.6. The molecule has 5 rings (SSSR count). The van der Waals surface area contributed by atoms with Crippen molar-refractivity contribution in [1.29, 1.82) is 0 Å². The second kappa shape index (κ2) is 9.50. The molecule has 0 radical (unpaired) electrons. The summed E-state index contributed by atoms with van der Waals surface area (Å²) in [7, 11) is 0. The molecule has 3 aromatic carbocycles. The van der Waals surface area contributed by atoms with Crippen molar-refractivity contribution in [2.45, 2.75) is 19.8 Å². The SMILES string of the molecule is CCc1ccc(Oc2coc3cc(OC(=O)CCN4C(=O)c5ccccc5C4=O)ccc3c2=O)cc1. The van der Waals surface area contributed by atoms with Crippen LogP contribution in [-0.2, 0) is 11.2 Å². The molecule has 1 aliphatic rings. The number of hydrogen-bond acceptors (Lipinski definition) is 7. The number of benzene rings is 3. The summed E-state index contributed by atoms with van der Waals surface area (Å²) in [6.45, 7) is 1.95. The van der Waals surface area contributed by atoms with Gasteiger partial charge in [-0.3, -0.25) is 24.1 Å². The lowest BCUT2D eigenvalue weighted by molar-refractivity contribution is -0.134. The zero-order chi connectivity index (χ0) is 25.2. The Hall–Kier alpha value is -4.72. The number of rotatable bonds is 7. The quantitative estimate of drug-likeness (QED) is 0.212. The number of carbonyl (C=O) groups excluding carboxylic acids is 3. The topological polar surface area (TPSA) is 103 Å². The van der Waals surface area contributed by atoms with Gasteiger partial charge in [-0.05, 0) is 48.4 Å². The number of esters is 1. The number of aryl methyl sites for hydroxylation is 1. The first kappa shape index (κ1) is 23.0. The number of imide groups is 1. The summed E-state index contributed by atoms with van der Waals surface area (Å²) in [5.41, 5.74) is 1.65. The van der Waals surface area contributed by atoms with Gasteiger partial charge < -0.3 is 13.9 Å². The van der Waals surface area contributed by atoms with Crippen molar-refractivity contribution < 1.29 is 28.3 Å². The molecule has 0 unspecified atom stereocenters. The van der Waals surface area contributed by atoms with E-state index in [0.717, 1.165) is 16.9 Å². The minimum atomic E-state index is -0.635. The smallest absolute Gasteiger partial charge is 0.313 e. The van der Waals surface area contributed by atoms with Gasteiger partial charge in [-0.2, -0.15) is 0 Å². The van der Waals surface area contributed by atoms with Crippen LogP contribution in [-0.4, -0.2) is 29.2 Å². The van der Waals surface area contributed by atoms with E-state index in [-0.39, 0.29) is 40.9 Å². The number of hydrogen-bond donors (Lipinski definition) is 0. The predicted octanol–water partition coefficient (Wildman–Crippen LogP) is 4.74. The van der Waals surface area contributed by atoms with E-state index in [9.17, 15) is 19.2 Å². The van der Waals surface area contributed by atoms with Gasteiger partial charge >= 0.3 is 5.97 Å². The van der Waals surface area contributed by atoms with Crippen molar-refractivity contribution in [2.75, 3.05) is 6.54 Å². The monoisotopic (exact) mass is 483 g/mol. The summed E-state index contributed by atoms with van der Waals surface area (Å²) in [6.07, 6.45) is 1.93. The lowest BCUT2D eigenvalue weighted by atomic mass is 10.1. The number of fused-ring (bicyclic) bond motifs is 2. The van der Waals surface area contributed by atoms with Crippen LogP contribution in [0.15, 0.2) is 82.2 Å². The van der Waals surface area contributed by atoms with Gasteiger partial charge in [0, 0.05) is 12.6 Å². The second-order valence-electron chi connectivity index (χ2n) is 8.22. The van der Waals surface area contributed by atoms with Crippen LogP contribution in [0, 0.1) is 0 Å². The highest BCUT2D eigenvalue weighted by Crippen LogP contribution is 2.25. The van der Waals surface area contributed by atoms with Gasteiger partial charge in [0.15, 0.2) is 0 Å². The fraction of sp³-hybridized carbons (Fsp3) is 0.143. The molecule has 0 N–H and O–H groups in total. The molecule has 2 heterocycles. The van der Waals surface area contributed by atoms with E-state index in [1.54, 1.807) is 36.4 Å². The molecule has 2 amide bonds. The maximum atomic E-state index is 12.8. The molecule has 0 spiro atoms. The van der Waals surface area contributed by atoms with Crippen molar-refractivity contribution in [2.24, 2.45) is 0 Å². The van der Waals surface area contributed by atoms with Crippen LogP contribution in [0.4, 0.5) is 0 Å². The standard InChI is InChI=1S/C28H21NO7/c1-2-17-7-9-18(10-8-17)35-24-16-34-23-15-19(11-12-22(23)26(24)31)36-25(30)13-14-29-27(32)20-5-3-4-6-21(20)28(29)33/h3-12,15-16H,2,13-14H2,1H3. The molecule has 4 aromatic rings. The molecule has 180 valence electrons. The Morgan fingerprint density at radius 3 is 2.22 bits per heavy atom. The van der Waals surface area contributed by atoms with E-state index >= 15 is 0 Å². The molecular formula is C28H21NO7. The molecule has 0 saturated heterocycles. The molecular weight excluding hydrogens is 462 g/mol. The van der Waals surface area contributed by atoms with Crippen molar-refractivity contribution in [3.63, 3.8) is 0 Å². The molecule has 0 saturated carbocycles. The Balaban J connectivity index is 1.25. The summed E-state index contributed by atoms with van der Waals surface area (Å²) in [6, 6.07) is 18.3. The van der Waals surface area contributed by atoms with E-state index in [4.69, 9.17) is 13.9 Å². The first-order valence-electron chi connectivity index (χ1n) is 11.4. The number of carbonyl (C=O) groups is 3. The highest BCUT2D eigenvalue weighted by molar-refractivity contribution is 6.21. The van der Waals surface area contributed by atoms with Crippen LogP contribution < -0.4 is 14.9 Å². The lowest BCUT2D eigenvalue weighted by Gasteiger charge is -2.13. The van der Waals surface area contributed by atoms with Gasteiger partial charge in [0.25, 0.3) is 11.8 Å².